The number of rotatable bonds is 12. The molecule has 0 spiro atoms. The standard InChI is InChI=1S/C33H40N6O5.C31H37N7O5/c1-21-8-7-17-39(21)29(40)20-38-16-6-5-9-27(32(38)43)35-33(34-26-14-15-28-25(19-26)18-22(2)44-28)36-30(41)23-10-12-24(13-11-23)31(42)37(3)4;1-20-16-22-17-23(10-12-26(22)43-20)33-31(35-28(40)21-9-11-24(32-18-21)29(41)36(2)3)34-25-8-4-5-15-38(30(25)42)19-27(39)37-13-6-7-14-37/h10-15,18-19,21,27H,5-9,16-17,20H2,1-4H3,(H2,34,35,36,41);9-12,16-18,25H,4-8,13-15,19H2,1-3H3,(H2,33,34,35,40). The maximum atomic E-state index is 13.7. The predicted octanol–water partition coefficient (Wildman–Crippen LogP) is 7.07. The Bertz CT molecular complexity index is 3580. The van der Waals surface area contributed by atoms with Gasteiger partial charge >= 0.3 is 0 Å². The van der Waals surface area contributed by atoms with Crippen LogP contribution in [0.2, 0.25) is 0 Å². The fourth-order valence-electron chi connectivity index (χ4n) is 11.1. The molecule has 458 valence electrons. The second-order valence-corrected chi connectivity index (χ2v) is 23.0. The summed E-state index contributed by atoms with van der Waals surface area (Å²) >= 11 is 0. The molecule has 4 fully saturated rings. The molecule has 0 radical (unpaired) electrons. The summed E-state index contributed by atoms with van der Waals surface area (Å²) in [5, 5.41) is 13.7. The fraction of sp³-hybridized carbons (Fsp3) is 0.422. The van der Waals surface area contributed by atoms with E-state index in [2.05, 4.69) is 26.3 Å². The summed E-state index contributed by atoms with van der Waals surface area (Å²) in [7, 11) is 6.58. The van der Waals surface area contributed by atoms with Crippen molar-refractivity contribution < 1.29 is 47.2 Å². The van der Waals surface area contributed by atoms with Gasteiger partial charge in [0, 0.05) is 106 Å². The van der Waals surface area contributed by atoms with Crippen LogP contribution < -0.4 is 21.3 Å². The van der Waals surface area contributed by atoms with Crippen LogP contribution in [0.15, 0.2) is 110 Å². The van der Waals surface area contributed by atoms with E-state index in [0.717, 1.165) is 97.9 Å². The molecular weight excluding hydrogens is 1110 g/mol. The van der Waals surface area contributed by atoms with E-state index >= 15 is 0 Å². The highest BCUT2D eigenvalue weighted by atomic mass is 16.3. The number of likely N-dealkylation sites (tertiary alicyclic amines) is 4. The zero-order valence-corrected chi connectivity index (χ0v) is 50.5. The third-order valence-electron chi connectivity index (χ3n) is 15.8. The lowest BCUT2D eigenvalue weighted by molar-refractivity contribution is -0.141. The number of aliphatic imine (C=N–C) groups is 2. The van der Waals surface area contributed by atoms with E-state index in [-0.39, 0.29) is 77.8 Å². The highest BCUT2D eigenvalue weighted by Crippen LogP contribution is 2.26. The molecular formula is C64H77N13O10. The number of furan rings is 2. The van der Waals surface area contributed by atoms with Gasteiger partial charge in [-0.2, -0.15) is 0 Å². The molecule has 3 atom stereocenters. The molecule has 23 heteroatoms. The number of nitrogens with zero attached hydrogens (tertiary/aromatic N) is 9. The van der Waals surface area contributed by atoms with E-state index in [1.807, 2.05) is 73.0 Å². The van der Waals surface area contributed by atoms with Crippen molar-refractivity contribution in [3.63, 3.8) is 0 Å². The summed E-state index contributed by atoms with van der Waals surface area (Å²) in [6.07, 6.45) is 9.25. The molecule has 0 saturated carbocycles. The number of nitrogens with one attached hydrogen (secondary N) is 4. The summed E-state index contributed by atoms with van der Waals surface area (Å²) in [4.78, 5) is 128. The quantitative estimate of drug-likeness (QED) is 0.0706. The average Bonchev–Trinajstić information content (AvgIpc) is 3.70. The van der Waals surface area contributed by atoms with E-state index in [0.29, 0.717) is 55.0 Å². The molecule has 87 heavy (non-hydrogen) atoms. The van der Waals surface area contributed by atoms with Gasteiger partial charge in [-0.3, -0.25) is 54.0 Å². The molecule has 0 bridgehead atoms. The first-order chi connectivity index (χ1) is 41.8. The van der Waals surface area contributed by atoms with Crippen molar-refractivity contribution in [2.45, 2.75) is 103 Å². The van der Waals surface area contributed by atoms with E-state index in [1.165, 1.54) is 28.1 Å². The molecule has 23 nitrogen and oxygen atoms in total. The lowest BCUT2D eigenvalue weighted by Gasteiger charge is -2.27. The molecule has 10 rings (SSSR count). The van der Waals surface area contributed by atoms with Crippen LogP contribution in [-0.4, -0.2) is 186 Å². The number of hydrogen-bond acceptors (Lipinski definition) is 13. The van der Waals surface area contributed by atoms with E-state index < -0.39 is 23.9 Å². The van der Waals surface area contributed by atoms with E-state index in [4.69, 9.17) is 18.8 Å². The van der Waals surface area contributed by atoms with Gasteiger partial charge in [-0.1, -0.05) is 0 Å². The number of hydrogen-bond donors (Lipinski definition) is 4. The molecule has 4 N–H and O–H groups in total. The lowest BCUT2D eigenvalue weighted by atomic mass is 10.1. The van der Waals surface area contributed by atoms with Gasteiger partial charge in [0.25, 0.3) is 23.6 Å². The zero-order chi connectivity index (χ0) is 61.9. The molecule has 7 heterocycles. The topological polar surface area (TPSA) is 268 Å². The van der Waals surface area contributed by atoms with E-state index in [1.54, 1.807) is 68.3 Å². The number of benzene rings is 3. The van der Waals surface area contributed by atoms with Crippen molar-refractivity contribution in [3.05, 3.63) is 125 Å². The van der Waals surface area contributed by atoms with Gasteiger partial charge in [0.1, 0.15) is 40.5 Å². The Morgan fingerprint density at radius 3 is 1.52 bits per heavy atom. The van der Waals surface area contributed by atoms with Crippen molar-refractivity contribution in [2.75, 3.05) is 84.6 Å². The lowest BCUT2D eigenvalue weighted by Crippen LogP contribution is -2.47. The highest BCUT2D eigenvalue weighted by molar-refractivity contribution is 6.12. The Morgan fingerprint density at radius 2 is 1.03 bits per heavy atom. The Hall–Kier alpha value is -9.41. The number of pyridine rings is 1. The fourth-order valence-corrected chi connectivity index (χ4v) is 11.1. The summed E-state index contributed by atoms with van der Waals surface area (Å²) in [6.45, 7) is 8.97. The van der Waals surface area contributed by atoms with Gasteiger partial charge in [0.05, 0.1) is 18.7 Å². The molecule has 3 aromatic carbocycles. The maximum absolute atomic E-state index is 13.7. The van der Waals surface area contributed by atoms with Gasteiger partial charge < -0.3 is 48.9 Å². The Kier molecular flexibility index (Phi) is 20.1. The van der Waals surface area contributed by atoms with Crippen molar-refractivity contribution in [1.29, 1.82) is 0 Å². The number of anilines is 2. The van der Waals surface area contributed by atoms with Crippen molar-refractivity contribution in [2.24, 2.45) is 9.98 Å². The normalized spacial score (nSPS) is 18.4. The molecule has 3 unspecified atom stereocenters. The number of carbonyl (C=O) groups excluding carboxylic acids is 8. The monoisotopic (exact) mass is 1190 g/mol. The third kappa shape index (κ3) is 15.9. The number of carbonyl (C=O) groups is 8. The molecule has 0 aliphatic carbocycles. The molecule has 6 aromatic rings. The first kappa shape index (κ1) is 62.1. The minimum atomic E-state index is -0.783. The van der Waals surface area contributed by atoms with Crippen LogP contribution in [0.1, 0.15) is 124 Å². The number of aryl methyl sites for hydroxylation is 2. The maximum Gasteiger partial charge on any atom is 0.271 e. The van der Waals surface area contributed by atoms with Gasteiger partial charge in [0.15, 0.2) is 0 Å². The number of guanidine groups is 2. The van der Waals surface area contributed by atoms with Crippen molar-refractivity contribution in [3.8, 4) is 0 Å². The minimum Gasteiger partial charge on any atom is -0.461 e. The second kappa shape index (κ2) is 28.2. The minimum absolute atomic E-state index is 0.0266. The van der Waals surface area contributed by atoms with Crippen molar-refractivity contribution in [1.82, 2.24) is 45.0 Å². The molecule has 8 amide bonds. The second-order valence-electron chi connectivity index (χ2n) is 23.0. The van der Waals surface area contributed by atoms with Crippen LogP contribution in [0, 0.1) is 13.8 Å². The van der Waals surface area contributed by atoms with Crippen molar-refractivity contribution >= 4 is 92.5 Å². The summed E-state index contributed by atoms with van der Waals surface area (Å²) in [5.74, 6) is -0.220. The van der Waals surface area contributed by atoms with E-state index in [9.17, 15) is 38.4 Å². The van der Waals surface area contributed by atoms with Crippen LogP contribution in [0.5, 0.6) is 0 Å². The zero-order valence-electron chi connectivity index (χ0n) is 50.5. The summed E-state index contributed by atoms with van der Waals surface area (Å²) in [5.41, 5.74) is 3.97. The number of amides is 8. The highest BCUT2D eigenvalue weighted by Gasteiger charge is 2.34. The predicted molar refractivity (Wildman–Crippen MR) is 330 cm³/mol. The summed E-state index contributed by atoms with van der Waals surface area (Å²) in [6, 6.07) is 22.8. The van der Waals surface area contributed by atoms with Crippen LogP contribution in [-0.2, 0) is 19.2 Å². The Morgan fingerprint density at radius 1 is 0.552 bits per heavy atom. The number of aromatic nitrogens is 1. The first-order valence-corrected chi connectivity index (χ1v) is 29.7. The van der Waals surface area contributed by atoms with Gasteiger partial charge in [0.2, 0.25) is 35.5 Å². The van der Waals surface area contributed by atoms with Gasteiger partial charge in [-0.05, 0) is 170 Å². The molecule has 3 aromatic heterocycles. The number of fused-ring (bicyclic) bond motifs is 2. The van der Waals surface area contributed by atoms with Crippen LogP contribution in [0.25, 0.3) is 21.9 Å². The van der Waals surface area contributed by atoms with Gasteiger partial charge in [-0.25, -0.2) is 9.98 Å². The summed E-state index contributed by atoms with van der Waals surface area (Å²) < 4.78 is 11.4. The Labute approximate surface area is 505 Å². The van der Waals surface area contributed by atoms with Crippen LogP contribution >= 0.6 is 0 Å². The Balaban J connectivity index is 0.000000208. The largest absolute Gasteiger partial charge is 0.461 e. The SMILES string of the molecule is Cc1cc2cc(NC(=NC3CCCCN(CC(=O)N4CCCC4)C3=O)NC(=O)c3ccc(C(=O)N(C)C)nc3)ccc2o1.Cc1cc2cc(NC(=NC3CCCCN(CC(=O)N4CCCC4C)C3=O)NC(=O)c3ccc(C(=O)N(C)C)cc3)ccc2o1. The smallest absolute Gasteiger partial charge is 0.271 e. The first-order valence-electron chi connectivity index (χ1n) is 29.7. The molecule has 4 aliphatic heterocycles. The average molecular weight is 1190 g/mol. The molecule has 4 aliphatic rings. The van der Waals surface area contributed by atoms with Crippen LogP contribution in [0.4, 0.5) is 11.4 Å². The third-order valence-corrected chi connectivity index (χ3v) is 15.8. The van der Waals surface area contributed by atoms with Crippen LogP contribution in [0.3, 0.4) is 0 Å². The molecule has 4 saturated heterocycles. The van der Waals surface area contributed by atoms with Gasteiger partial charge in [-0.15, -0.1) is 0 Å².